The second-order valence-electron chi connectivity index (χ2n) is 6.36. The maximum Gasteiger partial charge on any atom is 0.191 e. The third-order valence-corrected chi connectivity index (χ3v) is 3.47. The lowest BCUT2D eigenvalue weighted by Gasteiger charge is -2.30. The molecule has 0 amide bonds. The molecule has 0 radical (unpaired) electrons. The Morgan fingerprint density at radius 2 is 2.05 bits per heavy atom. The van der Waals surface area contributed by atoms with Crippen molar-refractivity contribution in [1.82, 2.24) is 10.6 Å². The maximum atomic E-state index is 5.62. The summed E-state index contributed by atoms with van der Waals surface area (Å²) in [5, 5.41) is 6.62. The minimum Gasteiger partial charge on any atom is -0.464 e. The SMILES string of the molecule is CN=C(NCC(OC)C(C)(C)C)NC(C)c1ccc(C)o1. The highest BCUT2D eigenvalue weighted by atomic mass is 16.5. The van der Waals surface area contributed by atoms with Crippen LogP contribution in [0.15, 0.2) is 21.5 Å². The summed E-state index contributed by atoms with van der Waals surface area (Å²) in [6, 6.07) is 4.00. The Morgan fingerprint density at radius 3 is 2.48 bits per heavy atom. The lowest BCUT2D eigenvalue weighted by atomic mass is 9.89. The van der Waals surface area contributed by atoms with E-state index in [1.807, 2.05) is 26.0 Å². The summed E-state index contributed by atoms with van der Waals surface area (Å²) >= 11 is 0. The summed E-state index contributed by atoms with van der Waals surface area (Å²) in [6.07, 6.45) is 0.109. The van der Waals surface area contributed by atoms with Crippen molar-refractivity contribution < 1.29 is 9.15 Å². The van der Waals surface area contributed by atoms with Crippen LogP contribution >= 0.6 is 0 Å². The number of nitrogens with zero attached hydrogens (tertiary/aromatic N) is 1. The van der Waals surface area contributed by atoms with Gasteiger partial charge >= 0.3 is 0 Å². The summed E-state index contributed by atoms with van der Waals surface area (Å²) < 4.78 is 11.2. The van der Waals surface area contributed by atoms with Crippen LogP contribution in [0.1, 0.15) is 45.3 Å². The van der Waals surface area contributed by atoms with Crippen molar-refractivity contribution in [2.45, 2.75) is 46.8 Å². The van der Waals surface area contributed by atoms with E-state index in [1.165, 1.54) is 0 Å². The monoisotopic (exact) mass is 295 g/mol. The fourth-order valence-corrected chi connectivity index (χ4v) is 2.09. The van der Waals surface area contributed by atoms with Crippen LogP contribution in [0.25, 0.3) is 0 Å². The van der Waals surface area contributed by atoms with Crippen molar-refractivity contribution in [1.29, 1.82) is 0 Å². The second kappa shape index (κ2) is 7.50. The minimum atomic E-state index is 0.0560. The molecule has 5 heteroatoms. The smallest absolute Gasteiger partial charge is 0.191 e. The molecule has 2 unspecified atom stereocenters. The number of guanidine groups is 1. The van der Waals surface area contributed by atoms with E-state index in [0.29, 0.717) is 6.54 Å². The Morgan fingerprint density at radius 1 is 1.38 bits per heavy atom. The first-order valence-corrected chi connectivity index (χ1v) is 7.34. The molecule has 120 valence electrons. The van der Waals surface area contributed by atoms with Crippen LogP contribution in [-0.4, -0.2) is 32.8 Å². The Hall–Kier alpha value is -1.49. The molecule has 2 atom stereocenters. The van der Waals surface area contributed by atoms with E-state index in [1.54, 1.807) is 14.2 Å². The van der Waals surface area contributed by atoms with Gasteiger partial charge in [-0.1, -0.05) is 20.8 Å². The van der Waals surface area contributed by atoms with Gasteiger partial charge in [-0.25, -0.2) is 0 Å². The van der Waals surface area contributed by atoms with Crippen LogP contribution in [0.3, 0.4) is 0 Å². The molecule has 1 heterocycles. The van der Waals surface area contributed by atoms with Gasteiger partial charge in [-0.15, -0.1) is 0 Å². The van der Waals surface area contributed by atoms with Gasteiger partial charge in [0, 0.05) is 20.7 Å². The van der Waals surface area contributed by atoms with E-state index >= 15 is 0 Å². The lowest BCUT2D eigenvalue weighted by molar-refractivity contribution is 0.0205. The van der Waals surface area contributed by atoms with E-state index in [0.717, 1.165) is 17.5 Å². The number of ether oxygens (including phenoxy) is 1. The van der Waals surface area contributed by atoms with Crippen molar-refractivity contribution in [2.24, 2.45) is 10.4 Å². The summed E-state index contributed by atoms with van der Waals surface area (Å²) in [7, 11) is 3.50. The molecule has 0 aliphatic heterocycles. The molecule has 2 N–H and O–H groups in total. The predicted octanol–water partition coefficient (Wildman–Crippen LogP) is 2.88. The van der Waals surface area contributed by atoms with E-state index in [2.05, 4.69) is 36.4 Å². The maximum absolute atomic E-state index is 5.62. The number of rotatable bonds is 5. The molecule has 0 spiro atoms. The zero-order valence-corrected chi connectivity index (χ0v) is 14.3. The van der Waals surface area contributed by atoms with Gasteiger partial charge in [-0.3, -0.25) is 4.99 Å². The van der Waals surface area contributed by atoms with Gasteiger partial charge in [0.25, 0.3) is 0 Å². The number of aliphatic imine (C=N–C) groups is 1. The molecule has 0 aromatic carbocycles. The first-order chi connectivity index (χ1) is 9.77. The highest BCUT2D eigenvalue weighted by molar-refractivity contribution is 5.80. The number of hydrogen-bond donors (Lipinski definition) is 2. The average Bonchev–Trinajstić information content (AvgIpc) is 2.83. The zero-order chi connectivity index (χ0) is 16.0. The molecule has 0 aliphatic carbocycles. The second-order valence-corrected chi connectivity index (χ2v) is 6.36. The van der Waals surface area contributed by atoms with E-state index in [9.17, 15) is 0 Å². The molecule has 21 heavy (non-hydrogen) atoms. The van der Waals surface area contributed by atoms with Crippen molar-refractivity contribution in [3.8, 4) is 0 Å². The van der Waals surface area contributed by atoms with Crippen LogP contribution in [0.5, 0.6) is 0 Å². The van der Waals surface area contributed by atoms with Gasteiger partial charge in [0.2, 0.25) is 0 Å². The van der Waals surface area contributed by atoms with Crippen LogP contribution < -0.4 is 10.6 Å². The third kappa shape index (κ3) is 5.42. The zero-order valence-electron chi connectivity index (χ0n) is 14.3. The molecule has 0 bridgehead atoms. The Bertz CT molecular complexity index is 460. The van der Waals surface area contributed by atoms with Crippen molar-refractivity contribution in [3.05, 3.63) is 23.7 Å². The molecule has 0 aliphatic rings. The van der Waals surface area contributed by atoms with Gasteiger partial charge in [0.1, 0.15) is 11.5 Å². The molecule has 1 rings (SSSR count). The number of furan rings is 1. The standard InChI is InChI=1S/C16H29N3O2/c1-11-8-9-13(21-11)12(2)19-15(17-6)18-10-14(20-7)16(3,4)5/h8-9,12,14H,10H2,1-7H3,(H2,17,18,19). The van der Waals surface area contributed by atoms with E-state index in [-0.39, 0.29) is 17.6 Å². The average molecular weight is 295 g/mol. The van der Waals surface area contributed by atoms with Crippen molar-refractivity contribution in [3.63, 3.8) is 0 Å². The van der Waals surface area contributed by atoms with Crippen molar-refractivity contribution >= 4 is 5.96 Å². The molecule has 1 aromatic heterocycles. The van der Waals surface area contributed by atoms with Crippen LogP contribution in [0.2, 0.25) is 0 Å². The van der Waals surface area contributed by atoms with Gasteiger partial charge in [-0.2, -0.15) is 0 Å². The fraction of sp³-hybridized carbons (Fsp3) is 0.688. The molecule has 0 saturated carbocycles. The Labute approximate surface area is 128 Å². The quantitative estimate of drug-likeness (QED) is 0.648. The van der Waals surface area contributed by atoms with Crippen molar-refractivity contribution in [2.75, 3.05) is 20.7 Å². The number of aryl methyl sites for hydroxylation is 1. The first-order valence-electron chi connectivity index (χ1n) is 7.34. The first kappa shape index (κ1) is 17.6. The Kier molecular flexibility index (Phi) is 6.27. The molecule has 0 saturated heterocycles. The van der Waals surface area contributed by atoms with E-state index < -0.39 is 0 Å². The summed E-state index contributed by atoms with van der Waals surface area (Å²) in [4.78, 5) is 4.25. The molecule has 0 fully saturated rings. The normalized spacial score (nSPS) is 15.7. The van der Waals surface area contributed by atoms with Crippen LogP contribution in [-0.2, 0) is 4.74 Å². The summed E-state index contributed by atoms with van der Waals surface area (Å²) in [6.45, 7) is 11.2. The van der Waals surface area contributed by atoms with E-state index in [4.69, 9.17) is 9.15 Å². The van der Waals surface area contributed by atoms with Gasteiger partial charge in [0.15, 0.2) is 5.96 Å². The number of methoxy groups -OCH3 is 1. The topological polar surface area (TPSA) is 58.8 Å². The van der Waals surface area contributed by atoms with Crippen LogP contribution in [0.4, 0.5) is 0 Å². The Balaban J connectivity index is 2.56. The summed E-state index contributed by atoms with van der Waals surface area (Å²) in [5.74, 6) is 2.55. The van der Waals surface area contributed by atoms with Gasteiger partial charge < -0.3 is 19.8 Å². The predicted molar refractivity (Wildman–Crippen MR) is 86.6 cm³/mol. The number of hydrogen-bond acceptors (Lipinski definition) is 3. The highest BCUT2D eigenvalue weighted by Gasteiger charge is 2.24. The molecular weight excluding hydrogens is 266 g/mol. The molecular formula is C16H29N3O2. The van der Waals surface area contributed by atoms with Gasteiger partial charge in [-0.05, 0) is 31.4 Å². The third-order valence-electron chi connectivity index (χ3n) is 3.47. The molecule has 1 aromatic rings. The minimum absolute atomic E-state index is 0.0560. The van der Waals surface area contributed by atoms with Crippen LogP contribution in [0, 0.1) is 12.3 Å². The highest BCUT2D eigenvalue weighted by Crippen LogP contribution is 2.21. The molecule has 5 nitrogen and oxygen atoms in total. The largest absolute Gasteiger partial charge is 0.464 e. The fourth-order valence-electron chi connectivity index (χ4n) is 2.09. The number of nitrogens with one attached hydrogen (secondary N) is 2. The van der Waals surface area contributed by atoms with Gasteiger partial charge in [0.05, 0.1) is 12.1 Å². The lowest BCUT2D eigenvalue weighted by Crippen LogP contribution is -2.45. The summed E-state index contributed by atoms with van der Waals surface area (Å²) in [5.41, 5.74) is 0.0738.